The van der Waals surface area contributed by atoms with Gasteiger partial charge < -0.3 is 15.2 Å². The molecule has 1 heterocycles. The van der Waals surface area contributed by atoms with Crippen molar-refractivity contribution in [1.29, 1.82) is 0 Å². The summed E-state index contributed by atoms with van der Waals surface area (Å²) in [6, 6.07) is 2.75. The molecule has 0 aromatic carbocycles. The van der Waals surface area contributed by atoms with Crippen molar-refractivity contribution in [3.63, 3.8) is 0 Å². The fraction of sp³-hybridized carbons (Fsp3) is 0.640. The molecule has 188 valence electrons. The molecule has 0 aliphatic heterocycles. The second-order valence-electron chi connectivity index (χ2n) is 10.6. The van der Waals surface area contributed by atoms with Crippen molar-refractivity contribution in [2.45, 2.75) is 70.8 Å². The maximum atomic E-state index is 14.8. The third-order valence-electron chi connectivity index (χ3n) is 6.95. The topological polar surface area (TPSA) is 94.8 Å². The van der Waals surface area contributed by atoms with E-state index in [1.807, 2.05) is 13.8 Å². The van der Waals surface area contributed by atoms with Gasteiger partial charge in [0.05, 0.1) is 17.7 Å². The van der Waals surface area contributed by atoms with Crippen molar-refractivity contribution in [3.8, 4) is 0 Å². The minimum atomic E-state index is -1.13. The Hall–Kier alpha value is -2.55. The highest BCUT2D eigenvalue weighted by Crippen LogP contribution is 2.48. The van der Waals surface area contributed by atoms with Crippen molar-refractivity contribution in [2.75, 3.05) is 13.7 Å². The maximum Gasteiger partial charge on any atom is 0.414 e. The Morgan fingerprint density at radius 2 is 1.94 bits per heavy atom. The predicted octanol–water partition coefficient (Wildman–Crippen LogP) is 4.11. The Labute approximate surface area is 199 Å². The Morgan fingerprint density at radius 3 is 2.44 bits per heavy atom. The molecule has 2 aliphatic carbocycles. The molecule has 3 rings (SSSR count). The van der Waals surface area contributed by atoms with Crippen LogP contribution in [0.5, 0.6) is 0 Å². The fourth-order valence-electron chi connectivity index (χ4n) is 5.09. The largest absolute Gasteiger partial charge is 0.443 e. The molecule has 34 heavy (non-hydrogen) atoms. The van der Waals surface area contributed by atoms with E-state index in [9.17, 15) is 18.4 Å². The number of amides is 2. The number of nitrogens with zero attached hydrogens (tertiary/aromatic N) is 2. The zero-order valence-corrected chi connectivity index (χ0v) is 20.7. The van der Waals surface area contributed by atoms with Crippen LogP contribution in [-0.2, 0) is 19.7 Å². The number of carbonyl (C=O) groups is 2. The normalized spacial score (nSPS) is 31.3. The molecule has 2 aliphatic rings. The van der Waals surface area contributed by atoms with Crippen LogP contribution in [0, 0.1) is 23.6 Å². The molecule has 1 aromatic rings. The van der Waals surface area contributed by atoms with Gasteiger partial charge in [0.15, 0.2) is 0 Å². The molecular formula is C25H35F2N3O4. The van der Waals surface area contributed by atoms with Crippen molar-refractivity contribution in [2.24, 2.45) is 23.5 Å². The zero-order valence-electron chi connectivity index (χ0n) is 20.7. The molecule has 0 bridgehead atoms. The highest BCUT2D eigenvalue weighted by molar-refractivity contribution is 5.80. The van der Waals surface area contributed by atoms with Gasteiger partial charge in [-0.2, -0.15) is 0 Å². The van der Waals surface area contributed by atoms with Crippen LogP contribution in [0.1, 0.15) is 53.2 Å². The van der Waals surface area contributed by atoms with Crippen LogP contribution in [0.4, 0.5) is 13.6 Å². The molecule has 1 fully saturated rings. The molecule has 1 unspecified atom stereocenters. The van der Waals surface area contributed by atoms with E-state index in [1.165, 1.54) is 30.3 Å². The lowest BCUT2D eigenvalue weighted by molar-refractivity contribution is -0.126. The number of allylic oxidation sites excluding steroid dienone is 1. The Kier molecular flexibility index (Phi) is 7.36. The van der Waals surface area contributed by atoms with E-state index < -0.39 is 47.0 Å². The first kappa shape index (κ1) is 26.1. The van der Waals surface area contributed by atoms with Crippen LogP contribution in [-0.4, -0.2) is 53.4 Å². The summed E-state index contributed by atoms with van der Waals surface area (Å²) in [5, 5.41) is 0. The first-order valence-electron chi connectivity index (χ1n) is 11.6. The van der Waals surface area contributed by atoms with E-state index in [1.54, 1.807) is 26.8 Å². The maximum absolute atomic E-state index is 14.8. The van der Waals surface area contributed by atoms with E-state index in [4.69, 9.17) is 15.2 Å². The van der Waals surface area contributed by atoms with Crippen LogP contribution in [0.2, 0.25) is 0 Å². The van der Waals surface area contributed by atoms with Crippen molar-refractivity contribution in [1.82, 2.24) is 9.88 Å². The second-order valence-corrected chi connectivity index (χ2v) is 10.6. The van der Waals surface area contributed by atoms with E-state index in [2.05, 4.69) is 4.98 Å². The molecule has 0 spiro atoms. The zero-order chi connectivity index (χ0) is 25.4. The van der Waals surface area contributed by atoms with Crippen LogP contribution in [0.25, 0.3) is 0 Å². The Morgan fingerprint density at radius 1 is 1.29 bits per heavy atom. The number of aromatic nitrogens is 1. The summed E-state index contributed by atoms with van der Waals surface area (Å²) in [6.07, 6.45) is 0.900. The number of ether oxygens (including phenoxy) is 2. The summed E-state index contributed by atoms with van der Waals surface area (Å²) in [7, 11) is 1.52. The first-order valence-corrected chi connectivity index (χ1v) is 11.6. The summed E-state index contributed by atoms with van der Waals surface area (Å²) in [5.74, 6) is -2.28. The van der Waals surface area contributed by atoms with Gasteiger partial charge in [-0.25, -0.2) is 13.6 Å². The van der Waals surface area contributed by atoms with E-state index in [-0.39, 0.29) is 36.9 Å². The van der Waals surface area contributed by atoms with E-state index in [0.717, 1.165) is 0 Å². The average Bonchev–Trinajstić information content (AvgIpc) is 2.71. The number of alkyl halides is 1. The van der Waals surface area contributed by atoms with Gasteiger partial charge in [0.2, 0.25) is 5.91 Å². The van der Waals surface area contributed by atoms with Gasteiger partial charge in [0, 0.05) is 36.9 Å². The van der Waals surface area contributed by atoms with Crippen molar-refractivity contribution >= 4 is 12.0 Å². The molecule has 0 saturated heterocycles. The highest BCUT2D eigenvalue weighted by atomic mass is 19.1. The molecular weight excluding hydrogens is 444 g/mol. The molecule has 1 aromatic heterocycles. The minimum Gasteiger partial charge on any atom is -0.443 e. The van der Waals surface area contributed by atoms with Gasteiger partial charge in [-0.1, -0.05) is 13.8 Å². The molecule has 0 radical (unpaired) electrons. The number of pyridine rings is 1. The van der Waals surface area contributed by atoms with Crippen LogP contribution in [0.15, 0.2) is 30.1 Å². The molecule has 1 saturated carbocycles. The summed E-state index contributed by atoms with van der Waals surface area (Å²) in [5.41, 5.74) is 4.49. The molecule has 7 nitrogen and oxygen atoms in total. The minimum absolute atomic E-state index is 0.0252. The Balaban J connectivity index is 2.09. The Bertz CT molecular complexity index is 956. The standard InChI is InChI=1S/C25H35F2N3O4/c1-14-15(2)20(33-6)17(22(28)31)10-19(14)30(23(32)34-24(3,4)5)13-25(11-16(26)12-25)21-18(27)8-7-9-29-21/h7-10,14-17,20H,11-13H2,1-6H3,(H2,28,31)/t14-,15-,16?,17?,20-,25?/m0/s1. The lowest BCUT2D eigenvalue weighted by atomic mass is 9.64. The summed E-state index contributed by atoms with van der Waals surface area (Å²) in [6.45, 7) is 9.03. The number of nitrogens with two attached hydrogens (primary N) is 1. The number of primary amides is 1. The highest BCUT2D eigenvalue weighted by Gasteiger charge is 2.52. The third kappa shape index (κ3) is 5.09. The number of hydrogen-bond donors (Lipinski definition) is 1. The number of rotatable bonds is 6. The average molecular weight is 480 g/mol. The van der Waals surface area contributed by atoms with Gasteiger partial charge in [0.1, 0.15) is 17.6 Å². The van der Waals surface area contributed by atoms with Gasteiger partial charge >= 0.3 is 6.09 Å². The van der Waals surface area contributed by atoms with E-state index in [0.29, 0.717) is 5.70 Å². The number of hydrogen-bond acceptors (Lipinski definition) is 5. The van der Waals surface area contributed by atoms with Gasteiger partial charge in [-0.05, 0) is 57.7 Å². The fourth-order valence-corrected chi connectivity index (χ4v) is 5.09. The lowest BCUT2D eigenvalue weighted by Gasteiger charge is -2.48. The summed E-state index contributed by atoms with van der Waals surface area (Å²) in [4.78, 5) is 31.3. The monoisotopic (exact) mass is 479 g/mol. The molecule has 2 amide bonds. The van der Waals surface area contributed by atoms with E-state index >= 15 is 0 Å². The lowest BCUT2D eigenvalue weighted by Crippen LogP contribution is -2.55. The number of methoxy groups -OCH3 is 1. The van der Waals surface area contributed by atoms with Crippen molar-refractivity contribution in [3.05, 3.63) is 41.6 Å². The van der Waals surface area contributed by atoms with Crippen molar-refractivity contribution < 1.29 is 27.8 Å². The molecule has 9 heteroatoms. The summed E-state index contributed by atoms with van der Waals surface area (Å²) < 4.78 is 40.3. The summed E-state index contributed by atoms with van der Waals surface area (Å²) >= 11 is 0. The number of carbonyl (C=O) groups excluding carboxylic acids is 2. The quantitative estimate of drug-likeness (QED) is 0.663. The predicted molar refractivity (Wildman–Crippen MR) is 123 cm³/mol. The van der Waals surface area contributed by atoms with Crippen LogP contribution < -0.4 is 5.73 Å². The molecule has 2 N–H and O–H groups in total. The number of halogens is 2. The third-order valence-corrected chi connectivity index (χ3v) is 6.95. The molecule has 4 atom stereocenters. The van der Waals surface area contributed by atoms with Crippen LogP contribution in [0.3, 0.4) is 0 Å². The van der Waals surface area contributed by atoms with Crippen LogP contribution >= 0.6 is 0 Å². The van der Waals surface area contributed by atoms with Gasteiger partial charge in [0.25, 0.3) is 0 Å². The smallest absolute Gasteiger partial charge is 0.414 e. The first-order chi connectivity index (χ1) is 15.8. The van der Waals surface area contributed by atoms with Gasteiger partial charge in [-0.15, -0.1) is 0 Å². The second kappa shape index (κ2) is 9.60. The van der Waals surface area contributed by atoms with Gasteiger partial charge in [-0.3, -0.25) is 14.7 Å². The SMILES string of the molecule is CO[C@@H]1C(C(N)=O)C=C(N(CC2(c3ncccc3F)CC(F)C2)C(=O)OC(C)(C)C)[C@@H](C)[C@@H]1C.